The van der Waals surface area contributed by atoms with E-state index in [0.29, 0.717) is 0 Å². The van der Waals surface area contributed by atoms with E-state index >= 15 is 0 Å². The van der Waals surface area contributed by atoms with Crippen molar-refractivity contribution < 1.29 is 0 Å². The van der Waals surface area contributed by atoms with Gasteiger partial charge in [0.15, 0.2) is 0 Å². The first-order valence-corrected chi connectivity index (χ1v) is 6.48. The van der Waals surface area contributed by atoms with Crippen LogP contribution >= 0.6 is 11.6 Å². The van der Waals surface area contributed by atoms with Crippen molar-refractivity contribution in [1.82, 2.24) is 0 Å². The highest BCUT2D eigenvalue weighted by molar-refractivity contribution is 6.21. The minimum atomic E-state index is 0.260. The van der Waals surface area contributed by atoms with Crippen molar-refractivity contribution in [2.75, 3.05) is 0 Å². The molecule has 1 aromatic rings. The number of rotatable bonds is 2. The summed E-state index contributed by atoms with van der Waals surface area (Å²) in [6.07, 6.45) is 6.92. The van der Waals surface area contributed by atoms with E-state index in [1.165, 1.54) is 35.1 Å². The topological polar surface area (TPSA) is 0 Å². The van der Waals surface area contributed by atoms with E-state index in [2.05, 4.69) is 38.1 Å². The zero-order valence-electron chi connectivity index (χ0n) is 10.1. The van der Waals surface area contributed by atoms with Gasteiger partial charge in [0, 0.05) is 0 Å². The van der Waals surface area contributed by atoms with Gasteiger partial charge in [-0.2, -0.15) is 0 Å². The lowest BCUT2D eigenvalue weighted by Gasteiger charge is -2.16. The third-order valence-corrected chi connectivity index (χ3v) is 3.74. The first kappa shape index (κ1) is 11.7. The lowest BCUT2D eigenvalue weighted by molar-refractivity contribution is 0.693. The molecule has 1 aromatic carbocycles. The summed E-state index contributed by atoms with van der Waals surface area (Å²) in [4.78, 5) is 0. The molecule has 1 unspecified atom stereocenters. The van der Waals surface area contributed by atoms with E-state index in [-0.39, 0.29) is 5.38 Å². The molecule has 2 rings (SSSR count). The van der Waals surface area contributed by atoms with Crippen LogP contribution in [0.15, 0.2) is 29.8 Å². The molecule has 0 heterocycles. The fourth-order valence-electron chi connectivity index (χ4n) is 2.27. The van der Waals surface area contributed by atoms with Crippen molar-refractivity contribution in [3.05, 3.63) is 46.5 Å². The van der Waals surface area contributed by atoms with E-state index in [1.807, 2.05) is 0 Å². The molecule has 1 aliphatic rings. The molecule has 0 radical (unpaired) electrons. The van der Waals surface area contributed by atoms with Gasteiger partial charge in [0.2, 0.25) is 0 Å². The van der Waals surface area contributed by atoms with Crippen molar-refractivity contribution in [2.45, 2.75) is 44.9 Å². The predicted octanol–water partition coefficient (Wildman–Crippen LogP) is 4.56. The lowest BCUT2D eigenvalue weighted by Crippen LogP contribution is -2.05. The summed E-state index contributed by atoms with van der Waals surface area (Å²) in [5.41, 5.74) is 5.68. The quantitative estimate of drug-likeness (QED) is 0.520. The summed E-state index contributed by atoms with van der Waals surface area (Å²) >= 11 is 6.16. The van der Waals surface area contributed by atoms with Gasteiger partial charge in [0.05, 0.1) is 5.38 Å². The molecule has 0 nitrogen and oxygen atoms in total. The molecule has 0 spiro atoms. The average molecular weight is 235 g/mol. The molecule has 0 saturated heterocycles. The summed E-state index contributed by atoms with van der Waals surface area (Å²) in [7, 11) is 0. The SMILES string of the molecule is Cc1ccc(CC2=CC(Cl)CCC2)cc1C. The van der Waals surface area contributed by atoms with E-state index < -0.39 is 0 Å². The molecular formula is C15H19Cl. The smallest absolute Gasteiger partial charge is 0.0518 e. The minimum Gasteiger partial charge on any atom is -0.118 e. The van der Waals surface area contributed by atoms with Crippen LogP contribution in [0.2, 0.25) is 0 Å². The molecule has 0 fully saturated rings. The summed E-state index contributed by atoms with van der Waals surface area (Å²) in [6.45, 7) is 4.34. The number of halogens is 1. The summed E-state index contributed by atoms with van der Waals surface area (Å²) < 4.78 is 0. The normalized spacial score (nSPS) is 20.7. The molecule has 0 bridgehead atoms. The third kappa shape index (κ3) is 2.89. The standard InChI is InChI=1S/C15H19Cl/c1-11-6-7-14(8-12(11)2)9-13-4-3-5-15(16)10-13/h6-8,10,15H,3-5,9H2,1-2H3. The zero-order chi connectivity index (χ0) is 11.5. The second kappa shape index (κ2) is 5.05. The molecule has 0 amide bonds. The lowest BCUT2D eigenvalue weighted by atomic mass is 9.93. The molecule has 0 saturated carbocycles. The maximum absolute atomic E-state index is 6.16. The highest BCUT2D eigenvalue weighted by Gasteiger charge is 2.11. The Morgan fingerprint density at radius 3 is 2.75 bits per heavy atom. The van der Waals surface area contributed by atoms with Gasteiger partial charge in [-0.25, -0.2) is 0 Å². The maximum atomic E-state index is 6.16. The van der Waals surface area contributed by atoms with Crippen molar-refractivity contribution >= 4 is 11.6 Å². The van der Waals surface area contributed by atoms with E-state index in [1.54, 1.807) is 0 Å². The molecule has 86 valence electrons. The highest BCUT2D eigenvalue weighted by Crippen LogP contribution is 2.25. The van der Waals surface area contributed by atoms with Crippen molar-refractivity contribution in [1.29, 1.82) is 0 Å². The van der Waals surface area contributed by atoms with Crippen LogP contribution in [0.4, 0.5) is 0 Å². The van der Waals surface area contributed by atoms with Gasteiger partial charge >= 0.3 is 0 Å². The maximum Gasteiger partial charge on any atom is 0.0518 e. The number of hydrogen-bond donors (Lipinski definition) is 0. The number of alkyl halides is 1. The monoisotopic (exact) mass is 234 g/mol. The number of allylic oxidation sites excluding steroid dienone is 2. The summed E-state index contributed by atoms with van der Waals surface area (Å²) in [6, 6.07) is 6.75. The summed E-state index contributed by atoms with van der Waals surface area (Å²) in [5, 5.41) is 0.260. The van der Waals surface area contributed by atoms with E-state index in [4.69, 9.17) is 11.6 Å². The molecule has 0 N–H and O–H groups in total. The van der Waals surface area contributed by atoms with Crippen LogP contribution in [-0.2, 0) is 6.42 Å². The molecule has 1 atom stereocenters. The Hall–Kier alpha value is -0.750. The fourth-order valence-corrected chi connectivity index (χ4v) is 2.60. The average Bonchev–Trinajstić information content (AvgIpc) is 2.24. The Morgan fingerprint density at radius 2 is 2.06 bits per heavy atom. The van der Waals surface area contributed by atoms with Crippen molar-refractivity contribution in [3.63, 3.8) is 0 Å². The van der Waals surface area contributed by atoms with Crippen LogP contribution in [0, 0.1) is 13.8 Å². The number of hydrogen-bond acceptors (Lipinski definition) is 0. The Labute approximate surface area is 103 Å². The van der Waals surface area contributed by atoms with Crippen LogP contribution in [0.5, 0.6) is 0 Å². The predicted molar refractivity (Wildman–Crippen MR) is 71.2 cm³/mol. The minimum absolute atomic E-state index is 0.260. The van der Waals surface area contributed by atoms with Crippen LogP contribution in [-0.4, -0.2) is 5.38 Å². The molecule has 1 heteroatoms. The van der Waals surface area contributed by atoms with Gasteiger partial charge < -0.3 is 0 Å². The first-order chi connectivity index (χ1) is 7.65. The van der Waals surface area contributed by atoms with Gasteiger partial charge in [-0.3, -0.25) is 0 Å². The van der Waals surface area contributed by atoms with Gasteiger partial charge in [-0.15, -0.1) is 11.6 Å². The third-order valence-electron chi connectivity index (χ3n) is 3.40. The zero-order valence-corrected chi connectivity index (χ0v) is 10.8. The van der Waals surface area contributed by atoms with Gasteiger partial charge in [0.1, 0.15) is 0 Å². The van der Waals surface area contributed by atoms with Crippen molar-refractivity contribution in [2.24, 2.45) is 0 Å². The van der Waals surface area contributed by atoms with Crippen LogP contribution < -0.4 is 0 Å². The second-order valence-corrected chi connectivity index (χ2v) is 5.39. The Bertz CT molecular complexity index is 404. The largest absolute Gasteiger partial charge is 0.118 e. The Balaban J connectivity index is 2.11. The van der Waals surface area contributed by atoms with Crippen LogP contribution in [0.3, 0.4) is 0 Å². The van der Waals surface area contributed by atoms with Gasteiger partial charge in [-0.05, 0) is 56.2 Å². The number of aryl methyl sites for hydroxylation is 2. The molecule has 0 aromatic heterocycles. The first-order valence-electron chi connectivity index (χ1n) is 6.05. The highest BCUT2D eigenvalue weighted by atomic mass is 35.5. The van der Waals surface area contributed by atoms with Crippen LogP contribution in [0.1, 0.15) is 36.0 Å². The van der Waals surface area contributed by atoms with Gasteiger partial charge in [0.25, 0.3) is 0 Å². The second-order valence-electron chi connectivity index (χ2n) is 4.83. The Kier molecular flexibility index (Phi) is 3.70. The number of benzene rings is 1. The molecule has 1 aliphatic carbocycles. The van der Waals surface area contributed by atoms with E-state index in [0.717, 1.165) is 12.8 Å². The fraction of sp³-hybridized carbons (Fsp3) is 0.467. The molecule has 16 heavy (non-hydrogen) atoms. The van der Waals surface area contributed by atoms with E-state index in [9.17, 15) is 0 Å². The molecule has 0 aliphatic heterocycles. The van der Waals surface area contributed by atoms with Crippen LogP contribution in [0.25, 0.3) is 0 Å². The Morgan fingerprint density at radius 1 is 1.25 bits per heavy atom. The molecular weight excluding hydrogens is 216 g/mol. The van der Waals surface area contributed by atoms with Crippen molar-refractivity contribution in [3.8, 4) is 0 Å². The summed E-state index contributed by atoms with van der Waals surface area (Å²) in [5.74, 6) is 0. The van der Waals surface area contributed by atoms with Gasteiger partial charge in [-0.1, -0.05) is 29.8 Å².